The second kappa shape index (κ2) is 5.96. The van der Waals surface area contributed by atoms with Crippen molar-refractivity contribution in [3.8, 4) is 0 Å². The molecule has 0 aliphatic heterocycles. The van der Waals surface area contributed by atoms with Gasteiger partial charge in [0.2, 0.25) is 0 Å². The molecular formula is C15H22OSi. The summed E-state index contributed by atoms with van der Waals surface area (Å²) in [5.74, 6) is 0.113. The molecule has 0 aromatic heterocycles. The van der Waals surface area contributed by atoms with Gasteiger partial charge in [-0.1, -0.05) is 69.0 Å². The molecule has 0 unspecified atom stereocenters. The summed E-state index contributed by atoms with van der Waals surface area (Å²) in [4.78, 5) is 11.0. The molecule has 17 heavy (non-hydrogen) atoms. The molecule has 0 radical (unpaired) electrons. The molecule has 0 fully saturated rings. The maximum atomic E-state index is 11.0. The topological polar surface area (TPSA) is 17.1 Å². The van der Waals surface area contributed by atoms with Crippen LogP contribution in [0, 0.1) is 5.92 Å². The molecule has 0 aliphatic rings. The van der Waals surface area contributed by atoms with Gasteiger partial charge in [-0.3, -0.25) is 0 Å². The van der Waals surface area contributed by atoms with Crippen LogP contribution in [0.3, 0.4) is 0 Å². The van der Waals surface area contributed by atoms with Gasteiger partial charge >= 0.3 is 0 Å². The van der Waals surface area contributed by atoms with Crippen LogP contribution in [-0.2, 0) is 4.79 Å². The SMILES string of the molecule is C[C@H](C=O)[C@H](/C=C/c1ccccc1)[Si](C)(C)C. The number of carbonyl (C=O) groups is 1. The summed E-state index contributed by atoms with van der Waals surface area (Å²) in [6.45, 7) is 8.96. The van der Waals surface area contributed by atoms with E-state index in [4.69, 9.17) is 0 Å². The van der Waals surface area contributed by atoms with Gasteiger partial charge in [-0.25, -0.2) is 0 Å². The molecule has 2 atom stereocenters. The predicted molar refractivity (Wildman–Crippen MR) is 77.8 cm³/mol. The normalized spacial score (nSPS) is 15.8. The molecule has 1 aromatic rings. The molecule has 2 heteroatoms. The van der Waals surface area contributed by atoms with Crippen LogP contribution < -0.4 is 0 Å². The van der Waals surface area contributed by atoms with Crippen LogP contribution in [0.15, 0.2) is 36.4 Å². The number of aldehydes is 1. The van der Waals surface area contributed by atoms with Crippen LogP contribution in [0.1, 0.15) is 12.5 Å². The Morgan fingerprint density at radius 3 is 2.18 bits per heavy atom. The first-order chi connectivity index (χ1) is 7.95. The molecule has 0 spiro atoms. The van der Waals surface area contributed by atoms with Crippen molar-refractivity contribution in [2.24, 2.45) is 5.92 Å². The van der Waals surface area contributed by atoms with Crippen LogP contribution in [0.2, 0.25) is 25.2 Å². The zero-order valence-electron chi connectivity index (χ0n) is 11.2. The molecule has 1 aromatic carbocycles. The summed E-state index contributed by atoms with van der Waals surface area (Å²) in [5.41, 5.74) is 1.61. The van der Waals surface area contributed by atoms with Crippen molar-refractivity contribution in [1.29, 1.82) is 0 Å². The minimum atomic E-state index is -1.34. The van der Waals surface area contributed by atoms with Crippen LogP contribution in [-0.4, -0.2) is 14.4 Å². The van der Waals surface area contributed by atoms with E-state index < -0.39 is 8.07 Å². The van der Waals surface area contributed by atoms with E-state index in [-0.39, 0.29) is 5.92 Å². The summed E-state index contributed by atoms with van der Waals surface area (Å²) < 4.78 is 0. The minimum absolute atomic E-state index is 0.113. The van der Waals surface area contributed by atoms with E-state index in [1.165, 1.54) is 5.56 Å². The van der Waals surface area contributed by atoms with Crippen molar-refractivity contribution >= 4 is 20.4 Å². The number of allylic oxidation sites excluding steroid dienone is 1. The lowest BCUT2D eigenvalue weighted by molar-refractivity contribution is -0.110. The Labute approximate surface area is 106 Å². The van der Waals surface area contributed by atoms with E-state index in [2.05, 4.69) is 43.9 Å². The van der Waals surface area contributed by atoms with Crippen molar-refractivity contribution in [3.05, 3.63) is 42.0 Å². The summed E-state index contributed by atoms with van der Waals surface area (Å²) >= 11 is 0. The van der Waals surface area contributed by atoms with Crippen molar-refractivity contribution in [2.75, 3.05) is 0 Å². The molecule has 1 rings (SSSR count). The van der Waals surface area contributed by atoms with E-state index in [9.17, 15) is 4.79 Å². The van der Waals surface area contributed by atoms with E-state index in [1.807, 2.05) is 25.1 Å². The van der Waals surface area contributed by atoms with Gasteiger partial charge in [0.05, 0.1) is 8.07 Å². The van der Waals surface area contributed by atoms with Gasteiger partial charge in [0.25, 0.3) is 0 Å². The molecule has 0 bridgehead atoms. The lowest BCUT2D eigenvalue weighted by atomic mass is 10.1. The first-order valence-electron chi connectivity index (χ1n) is 6.13. The lowest BCUT2D eigenvalue weighted by Crippen LogP contribution is -2.31. The smallest absolute Gasteiger partial charge is 0.123 e. The zero-order valence-corrected chi connectivity index (χ0v) is 12.2. The first-order valence-corrected chi connectivity index (χ1v) is 9.71. The van der Waals surface area contributed by atoms with E-state index >= 15 is 0 Å². The Morgan fingerprint density at radius 2 is 1.71 bits per heavy atom. The fourth-order valence-corrected chi connectivity index (χ4v) is 4.45. The van der Waals surface area contributed by atoms with Crippen molar-refractivity contribution in [1.82, 2.24) is 0 Å². The quantitative estimate of drug-likeness (QED) is 0.561. The summed E-state index contributed by atoms with van der Waals surface area (Å²) in [6.07, 6.45) is 5.45. The molecule has 92 valence electrons. The maximum absolute atomic E-state index is 11.0. The van der Waals surface area contributed by atoms with E-state index in [0.29, 0.717) is 5.54 Å². The molecule has 0 saturated heterocycles. The highest BCUT2D eigenvalue weighted by molar-refractivity contribution is 6.78. The molecule has 1 nitrogen and oxygen atoms in total. The highest BCUT2D eigenvalue weighted by atomic mass is 28.3. The second-order valence-electron chi connectivity index (χ2n) is 5.66. The lowest BCUT2D eigenvalue weighted by Gasteiger charge is -2.28. The number of carbonyl (C=O) groups excluding carboxylic acids is 1. The Bertz CT molecular complexity index is 376. The van der Waals surface area contributed by atoms with Crippen molar-refractivity contribution in [2.45, 2.75) is 32.1 Å². The molecule has 0 saturated carbocycles. The van der Waals surface area contributed by atoms with Crippen molar-refractivity contribution in [3.63, 3.8) is 0 Å². The third-order valence-corrected chi connectivity index (χ3v) is 5.79. The van der Waals surface area contributed by atoms with Crippen LogP contribution in [0.25, 0.3) is 6.08 Å². The largest absolute Gasteiger partial charge is 0.303 e. The van der Waals surface area contributed by atoms with Crippen molar-refractivity contribution < 1.29 is 4.79 Å². The maximum Gasteiger partial charge on any atom is 0.123 e. The number of hydrogen-bond donors (Lipinski definition) is 0. The van der Waals surface area contributed by atoms with E-state index in [1.54, 1.807) is 0 Å². The van der Waals surface area contributed by atoms with Gasteiger partial charge in [0.1, 0.15) is 6.29 Å². The molecule has 0 heterocycles. The van der Waals surface area contributed by atoms with Gasteiger partial charge in [0, 0.05) is 5.92 Å². The number of benzene rings is 1. The molecule has 0 aliphatic carbocycles. The Balaban J connectivity index is 2.87. The summed E-state index contributed by atoms with van der Waals surface area (Å²) in [5, 5.41) is 0. The number of hydrogen-bond acceptors (Lipinski definition) is 1. The highest BCUT2D eigenvalue weighted by Gasteiger charge is 2.28. The zero-order chi connectivity index (χ0) is 12.9. The average molecular weight is 246 g/mol. The Morgan fingerprint density at radius 1 is 1.12 bits per heavy atom. The summed E-state index contributed by atoms with van der Waals surface area (Å²) in [7, 11) is -1.34. The van der Waals surface area contributed by atoms with Gasteiger partial charge in [-0.2, -0.15) is 0 Å². The fourth-order valence-electron chi connectivity index (χ4n) is 2.12. The monoisotopic (exact) mass is 246 g/mol. The highest BCUT2D eigenvalue weighted by Crippen LogP contribution is 2.31. The Hall–Kier alpha value is -1.15. The predicted octanol–water partition coefficient (Wildman–Crippen LogP) is 4.24. The molecule has 0 N–H and O–H groups in total. The standard InChI is InChI=1S/C15H22OSi/c1-13(12-16)15(17(2,3)4)11-10-14-8-6-5-7-9-14/h5-13,15H,1-4H3/b11-10+/t13-,15+/m1/s1. The van der Waals surface area contributed by atoms with Crippen LogP contribution >= 0.6 is 0 Å². The van der Waals surface area contributed by atoms with Crippen LogP contribution in [0.4, 0.5) is 0 Å². The fraction of sp³-hybridized carbons (Fsp3) is 0.400. The van der Waals surface area contributed by atoms with E-state index in [0.717, 1.165) is 6.29 Å². The second-order valence-corrected chi connectivity index (χ2v) is 11.1. The Kier molecular flexibility index (Phi) is 4.88. The van der Waals surface area contributed by atoms with Crippen LogP contribution in [0.5, 0.6) is 0 Å². The third-order valence-electron chi connectivity index (χ3n) is 3.08. The third kappa shape index (κ3) is 4.31. The molecule has 0 amide bonds. The van der Waals surface area contributed by atoms with Gasteiger partial charge in [0.15, 0.2) is 0 Å². The minimum Gasteiger partial charge on any atom is -0.303 e. The van der Waals surface area contributed by atoms with Gasteiger partial charge in [-0.05, 0) is 11.1 Å². The summed E-state index contributed by atoms with van der Waals surface area (Å²) in [6, 6.07) is 10.3. The van der Waals surface area contributed by atoms with Gasteiger partial charge in [-0.15, -0.1) is 0 Å². The average Bonchev–Trinajstić information content (AvgIpc) is 2.28. The van der Waals surface area contributed by atoms with Gasteiger partial charge < -0.3 is 4.79 Å². The molecular weight excluding hydrogens is 224 g/mol. The number of rotatable bonds is 5. The first kappa shape index (κ1) is 13.9.